The number of amides is 2. The molecule has 4 rings (SSSR count). The molecule has 0 radical (unpaired) electrons. The molecule has 0 aromatic carbocycles. The zero-order valence-electron chi connectivity index (χ0n) is 18.4. The minimum atomic E-state index is -0.437. The van der Waals surface area contributed by atoms with Crippen LogP contribution in [-0.2, 0) is 0 Å². The van der Waals surface area contributed by atoms with Gasteiger partial charge in [0.05, 0.1) is 6.20 Å². The molecule has 0 saturated heterocycles. The number of carbonyl (C=O) groups is 1. The van der Waals surface area contributed by atoms with Crippen LogP contribution in [0.3, 0.4) is 0 Å². The Morgan fingerprint density at radius 3 is 2.44 bits per heavy atom. The van der Waals surface area contributed by atoms with Crippen LogP contribution in [0.2, 0.25) is 0 Å². The maximum Gasteiger partial charge on any atom is 0.326 e. The summed E-state index contributed by atoms with van der Waals surface area (Å²) in [4.78, 5) is 21.3. The van der Waals surface area contributed by atoms with Crippen molar-refractivity contribution in [2.75, 3.05) is 10.6 Å². The van der Waals surface area contributed by atoms with E-state index in [1.807, 2.05) is 47.5 Å². The second-order valence-electron chi connectivity index (χ2n) is 7.88. The highest BCUT2D eigenvalue weighted by Gasteiger charge is 2.13. The summed E-state index contributed by atoms with van der Waals surface area (Å²) >= 11 is 0. The van der Waals surface area contributed by atoms with Crippen molar-refractivity contribution in [3.05, 3.63) is 55.2 Å². The SMILES string of the molecule is CC(C)n1cc(-c2ccc(NC(=O)Nc3cccc(-c4nncn4C(C)C)n3)nc2)cn1. The molecule has 0 bridgehead atoms. The minimum Gasteiger partial charge on any atom is -0.310 e. The highest BCUT2D eigenvalue weighted by molar-refractivity contribution is 5.98. The van der Waals surface area contributed by atoms with Crippen molar-refractivity contribution < 1.29 is 4.79 Å². The molecular weight excluding hydrogens is 406 g/mol. The van der Waals surface area contributed by atoms with Crippen molar-refractivity contribution in [1.29, 1.82) is 0 Å². The van der Waals surface area contributed by atoms with Gasteiger partial charge >= 0.3 is 6.03 Å². The average molecular weight is 432 g/mol. The minimum absolute atomic E-state index is 0.190. The van der Waals surface area contributed by atoms with E-state index >= 15 is 0 Å². The largest absolute Gasteiger partial charge is 0.326 e. The van der Waals surface area contributed by atoms with Gasteiger partial charge in [-0.2, -0.15) is 5.10 Å². The molecule has 2 N–H and O–H groups in total. The van der Waals surface area contributed by atoms with Crippen LogP contribution in [0.15, 0.2) is 55.2 Å². The van der Waals surface area contributed by atoms with Gasteiger partial charge in [-0.25, -0.2) is 14.8 Å². The summed E-state index contributed by atoms with van der Waals surface area (Å²) < 4.78 is 3.81. The molecule has 0 aliphatic rings. The maximum atomic E-state index is 12.4. The number of hydrogen-bond donors (Lipinski definition) is 2. The topological polar surface area (TPSA) is 115 Å². The van der Waals surface area contributed by atoms with Gasteiger partial charge in [0, 0.05) is 35.6 Å². The van der Waals surface area contributed by atoms with Gasteiger partial charge in [-0.1, -0.05) is 6.07 Å². The Morgan fingerprint density at radius 1 is 0.938 bits per heavy atom. The molecule has 4 aromatic heterocycles. The normalized spacial score (nSPS) is 11.2. The fourth-order valence-electron chi connectivity index (χ4n) is 3.10. The number of anilines is 2. The molecule has 0 saturated carbocycles. The average Bonchev–Trinajstić information content (AvgIpc) is 3.45. The molecule has 2 amide bonds. The monoisotopic (exact) mass is 431 g/mol. The number of aromatic nitrogens is 7. The lowest BCUT2D eigenvalue weighted by Crippen LogP contribution is -2.20. The fourth-order valence-corrected chi connectivity index (χ4v) is 3.10. The summed E-state index contributed by atoms with van der Waals surface area (Å²) in [5, 5.41) is 17.9. The van der Waals surface area contributed by atoms with Crippen LogP contribution in [0, 0.1) is 0 Å². The molecular formula is C22H25N9O. The van der Waals surface area contributed by atoms with Crippen molar-refractivity contribution in [2.24, 2.45) is 0 Å². The first-order valence-corrected chi connectivity index (χ1v) is 10.4. The third-order valence-electron chi connectivity index (χ3n) is 4.82. The molecule has 0 spiro atoms. The van der Waals surface area contributed by atoms with E-state index in [9.17, 15) is 4.79 Å². The molecule has 32 heavy (non-hydrogen) atoms. The van der Waals surface area contributed by atoms with Crippen molar-refractivity contribution in [2.45, 2.75) is 39.8 Å². The number of pyridine rings is 2. The van der Waals surface area contributed by atoms with Gasteiger partial charge in [0.2, 0.25) is 0 Å². The Hall–Kier alpha value is -4.08. The standard InChI is InChI=1S/C22H25N9O/c1-14(2)30-13-24-29-21(30)18-6-5-7-20(26-18)28-22(32)27-19-9-8-16(10-23-19)17-11-25-31(12-17)15(3)4/h5-15H,1-4H3,(H2,23,26,27,28,32). The fraction of sp³-hybridized carbons (Fsp3) is 0.273. The van der Waals surface area contributed by atoms with Gasteiger partial charge in [0.15, 0.2) is 5.82 Å². The second kappa shape index (κ2) is 8.96. The summed E-state index contributed by atoms with van der Waals surface area (Å²) in [5.41, 5.74) is 2.52. The smallest absolute Gasteiger partial charge is 0.310 e. The lowest BCUT2D eigenvalue weighted by molar-refractivity contribution is 0.262. The Labute approximate surface area is 185 Å². The number of carbonyl (C=O) groups excluding carboxylic acids is 1. The van der Waals surface area contributed by atoms with E-state index in [-0.39, 0.29) is 12.1 Å². The number of urea groups is 1. The van der Waals surface area contributed by atoms with Crippen LogP contribution in [-0.4, -0.2) is 40.5 Å². The summed E-state index contributed by atoms with van der Waals surface area (Å²) in [6, 6.07) is 9.02. The van der Waals surface area contributed by atoms with Crippen LogP contribution in [0.4, 0.5) is 16.4 Å². The number of nitrogens with zero attached hydrogens (tertiary/aromatic N) is 7. The molecule has 0 atom stereocenters. The van der Waals surface area contributed by atoms with Gasteiger partial charge in [-0.15, -0.1) is 10.2 Å². The van der Waals surface area contributed by atoms with E-state index in [4.69, 9.17) is 0 Å². The third kappa shape index (κ3) is 4.64. The number of hydrogen-bond acceptors (Lipinski definition) is 6. The van der Waals surface area contributed by atoms with Crippen LogP contribution in [0.1, 0.15) is 39.8 Å². The third-order valence-corrected chi connectivity index (χ3v) is 4.82. The highest BCUT2D eigenvalue weighted by atomic mass is 16.2. The van der Waals surface area contributed by atoms with E-state index in [1.54, 1.807) is 30.9 Å². The van der Waals surface area contributed by atoms with Crippen molar-refractivity contribution in [3.63, 3.8) is 0 Å². The van der Waals surface area contributed by atoms with E-state index in [0.29, 0.717) is 23.2 Å². The Balaban J connectivity index is 1.42. The summed E-state index contributed by atoms with van der Waals surface area (Å²) in [5.74, 6) is 1.47. The Kier molecular flexibility index (Phi) is 5.93. The van der Waals surface area contributed by atoms with Gasteiger partial charge in [-0.3, -0.25) is 15.3 Å². The first-order chi connectivity index (χ1) is 15.4. The quantitative estimate of drug-likeness (QED) is 0.467. The Bertz CT molecular complexity index is 1210. The van der Waals surface area contributed by atoms with Crippen molar-refractivity contribution in [3.8, 4) is 22.6 Å². The first-order valence-electron chi connectivity index (χ1n) is 10.4. The molecule has 164 valence electrons. The van der Waals surface area contributed by atoms with Gasteiger partial charge in [0.1, 0.15) is 23.7 Å². The van der Waals surface area contributed by atoms with Crippen molar-refractivity contribution in [1.82, 2.24) is 34.5 Å². The lowest BCUT2D eigenvalue weighted by atomic mass is 10.2. The second-order valence-corrected chi connectivity index (χ2v) is 7.88. The molecule has 10 nitrogen and oxygen atoms in total. The molecule has 4 aromatic rings. The number of nitrogens with one attached hydrogen (secondary N) is 2. The summed E-state index contributed by atoms with van der Waals surface area (Å²) in [7, 11) is 0. The summed E-state index contributed by atoms with van der Waals surface area (Å²) in [6.45, 7) is 8.22. The first kappa shape index (κ1) is 21.2. The van der Waals surface area contributed by atoms with Crippen LogP contribution >= 0.6 is 0 Å². The highest BCUT2D eigenvalue weighted by Crippen LogP contribution is 2.21. The van der Waals surface area contributed by atoms with E-state index in [0.717, 1.165) is 11.1 Å². The molecule has 10 heteroatoms. The molecule has 0 unspecified atom stereocenters. The van der Waals surface area contributed by atoms with Crippen molar-refractivity contribution >= 4 is 17.7 Å². The number of rotatable bonds is 6. The van der Waals surface area contributed by atoms with Crippen LogP contribution < -0.4 is 10.6 Å². The molecule has 4 heterocycles. The van der Waals surface area contributed by atoms with Gasteiger partial charge < -0.3 is 4.57 Å². The van der Waals surface area contributed by atoms with E-state index < -0.39 is 6.03 Å². The molecule has 0 aliphatic carbocycles. The zero-order valence-corrected chi connectivity index (χ0v) is 18.4. The van der Waals surface area contributed by atoms with Gasteiger partial charge in [-0.05, 0) is 52.0 Å². The van der Waals surface area contributed by atoms with Gasteiger partial charge in [0.25, 0.3) is 0 Å². The molecule has 0 fully saturated rings. The Morgan fingerprint density at radius 2 is 1.75 bits per heavy atom. The predicted molar refractivity (Wildman–Crippen MR) is 122 cm³/mol. The van der Waals surface area contributed by atoms with Crippen LogP contribution in [0.25, 0.3) is 22.6 Å². The summed E-state index contributed by atoms with van der Waals surface area (Å²) in [6.07, 6.45) is 7.14. The predicted octanol–water partition coefficient (Wildman–Crippen LogP) is 4.40. The lowest BCUT2D eigenvalue weighted by Gasteiger charge is -2.11. The van der Waals surface area contributed by atoms with Crippen LogP contribution in [0.5, 0.6) is 0 Å². The van der Waals surface area contributed by atoms with E-state index in [2.05, 4.69) is 49.7 Å². The molecule has 0 aliphatic heterocycles. The van der Waals surface area contributed by atoms with E-state index in [1.165, 1.54) is 0 Å². The maximum absolute atomic E-state index is 12.4. The zero-order chi connectivity index (χ0) is 22.7.